The van der Waals surface area contributed by atoms with Gasteiger partial charge in [-0.1, -0.05) is 37.8 Å². The Morgan fingerprint density at radius 2 is 1.74 bits per heavy atom. The average Bonchev–Trinajstić information content (AvgIpc) is 3.06. The Labute approximate surface area is 138 Å². The summed E-state index contributed by atoms with van der Waals surface area (Å²) in [5.41, 5.74) is 7.49. The van der Waals surface area contributed by atoms with Crippen molar-refractivity contribution in [3.63, 3.8) is 0 Å². The third kappa shape index (κ3) is 6.72. The van der Waals surface area contributed by atoms with Gasteiger partial charge in [-0.25, -0.2) is 0 Å². The topological polar surface area (TPSA) is 84.2 Å². The highest BCUT2D eigenvalue weighted by atomic mass is 16.2. The van der Waals surface area contributed by atoms with Crippen LogP contribution in [0.3, 0.4) is 0 Å². The summed E-state index contributed by atoms with van der Waals surface area (Å²) in [6.07, 6.45) is 7.32. The molecule has 5 heteroatoms. The minimum absolute atomic E-state index is 0.0226. The molecule has 0 aliphatic heterocycles. The lowest BCUT2D eigenvalue weighted by Crippen LogP contribution is -2.37. The summed E-state index contributed by atoms with van der Waals surface area (Å²) in [5, 5.41) is 5.51. The second-order valence-corrected chi connectivity index (χ2v) is 6.31. The number of hydrogen-bond acceptors (Lipinski definition) is 3. The van der Waals surface area contributed by atoms with Gasteiger partial charge in [-0.2, -0.15) is 0 Å². The van der Waals surface area contributed by atoms with Crippen LogP contribution in [0.25, 0.3) is 0 Å². The third-order valence-electron chi connectivity index (χ3n) is 4.42. The first-order valence-corrected chi connectivity index (χ1v) is 8.51. The fraction of sp³-hybridized carbons (Fsp3) is 0.556. The molecular weight excluding hydrogens is 290 g/mol. The van der Waals surface area contributed by atoms with Crippen LogP contribution in [-0.2, 0) is 16.0 Å². The minimum atomic E-state index is -0.144. The maximum absolute atomic E-state index is 11.7. The standard InChI is InChI=1S/C18H27N3O2/c19-16-8-5-15(6-9-16)11-12-20-18(23)13-21-17(22)10-7-14-3-1-2-4-14/h5-6,8-9,14H,1-4,7,10-13,19H2,(H,20,23)(H,21,22). The molecule has 0 radical (unpaired) electrons. The molecule has 0 atom stereocenters. The third-order valence-corrected chi connectivity index (χ3v) is 4.42. The molecule has 2 amide bonds. The van der Waals surface area contributed by atoms with Crippen LogP contribution in [-0.4, -0.2) is 24.9 Å². The van der Waals surface area contributed by atoms with Crippen molar-refractivity contribution in [2.45, 2.75) is 44.9 Å². The van der Waals surface area contributed by atoms with Gasteiger partial charge in [-0.05, 0) is 36.5 Å². The van der Waals surface area contributed by atoms with Crippen molar-refractivity contribution in [3.8, 4) is 0 Å². The second kappa shape index (κ2) is 9.18. The van der Waals surface area contributed by atoms with Crippen LogP contribution in [0.1, 0.15) is 44.1 Å². The number of nitrogens with one attached hydrogen (secondary N) is 2. The highest BCUT2D eigenvalue weighted by molar-refractivity contribution is 5.84. The number of carbonyl (C=O) groups is 2. The zero-order valence-corrected chi connectivity index (χ0v) is 13.6. The summed E-state index contributed by atoms with van der Waals surface area (Å²) in [6.45, 7) is 0.617. The van der Waals surface area contributed by atoms with E-state index in [9.17, 15) is 9.59 Å². The molecule has 0 saturated heterocycles. The highest BCUT2D eigenvalue weighted by Crippen LogP contribution is 2.28. The average molecular weight is 317 g/mol. The van der Waals surface area contributed by atoms with Crippen LogP contribution in [0.4, 0.5) is 5.69 Å². The summed E-state index contributed by atoms with van der Waals surface area (Å²) in [4.78, 5) is 23.4. The van der Waals surface area contributed by atoms with Crippen LogP contribution < -0.4 is 16.4 Å². The van der Waals surface area contributed by atoms with E-state index in [0.717, 1.165) is 24.1 Å². The molecule has 1 aromatic rings. The molecule has 0 bridgehead atoms. The van der Waals surface area contributed by atoms with Crippen LogP contribution in [0.5, 0.6) is 0 Å². The van der Waals surface area contributed by atoms with Crippen LogP contribution in [0.2, 0.25) is 0 Å². The van der Waals surface area contributed by atoms with E-state index in [-0.39, 0.29) is 18.4 Å². The molecule has 0 aromatic heterocycles. The summed E-state index contributed by atoms with van der Waals surface area (Å²) in [6, 6.07) is 7.60. The molecule has 0 spiro atoms. The van der Waals surface area contributed by atoms with E-state index in [1.165, 1.54) is 25.7 Å². The summed E-state index contributed by atoms with van der Waals surface area (Å²) >= 11 is 0. The molecular formula is C18H27N3O2. The van der Waals surface area contributed by atoms with E-state index in [1.807, 2.05) is 24.3 Å². The monoisotopic (exact) mass is 317 g/mol. The molecule has 4 N–H and O–H groups in total. The molecule has 126 valence electrons. The zero-order valence-electron chi connectivity index (χ0n) is 13.6. The van der Waals surface area contributed by atoms with Crippen LogP contribution in [0.15, 0.2) is 24.3 Å². The van der Waals surface area contributed by atoms with Gasteiger partial charge in [0.15, 0.2) is 0 Å². The Morgan fingerprint density at radius 1 is 1.04 bits per heavy atom. The Kier molecular flexibility index (Phi) is 6.91. The van der Waals surface area contributed by atoms with Gasteiger partial charge in [0.2, 0.25) is 11.8 Å². The number of rotatable bonds is 8. The summed E-state index contributed by atoms with van der Waals surface area (Å²) < 4.78 is 0. The number of carbonyl (C=O) groups excluding carboxylic acids is 2. The first-order chi connectivity index (χ1) is 11.1. The Bertz CT molecular complexity index is 508. The number of nitrogen functional groups attached to an aromatic ring is 1. The van der Waals surface area contributed by atoms with Gasteiger partial charge < -0.3 is 16.4 Å². The van der Waals surface area contributed by atoms with Crippen molar-refractivity contribution in [2.24, 2.45) is 5.92 Å². The quantitative estimate of drug-likeness (QED) is 0.641. The van der Waals surface area contributed by atoms with Gasteiger partial charge >= 0.3 is 0 Å². The highest BCUT2D eigenvalue weighted by Gasteiger charge is 2.16. The summed E-state index contributed by atoms with van der Waals surface area (Å²) in [7, 11) is 0. The van der Waals surface area contributed by atoms with Crippen molar-refractivity contribution >= 4 is 17.5 Å². The van der Waals surface area contributed by atoms with Gasteiger partial charge in [0.1, 0.15) is 0 Å². The zero-order chi connectivity index (χ0) is 16.5. The summed E-state index contributed by atoms with van der Waals surface area (Å²) in [5.74, 6) is 0.537. The molecule has 0 heterocycles. The van der Waals surface area contributed by atoms with E-state index >= 15 is 0 Å². The number of amides is 2. The maximum Gasteiger partial charge on any atom is 0.239 e. The second-order valence-electron chi connectivity index (χ2n) is 6.31. The van der Waals surface area contributed by atoms with Gasteiger partial charge in [0, 0.05) is 18.7 Å². The van der Waals surface area contributed by atoms with Crippen molar-refractivity contribution < 1.29 is 9.59 Å². The van der Waals surface area contributed by atoms with Crippen molar-refractivity contribution in [3.05, 3.63) is 29.8 Å². The molecule has 0 unspecified atom stereocenters. The Hall–Kier alpha value is -2.04. The normalized spacial score (nSPS) is 14.6. The van der Waals surface area contributed by atoms with Crippen LogP contribution in [0, 0.1) is 5.92 Å². The number of anilines is 1. The SMILES string of the molecule is Nc1ccc(CCNC(=O)CNC(=O)CCC2CCCC2)cc1. The molecule has 2 rings (SSSR count). The Balaban J connectivity index is 1.53. The number of hydrogen-bond donors (Lipinski definition) is 3. The molecule has 1 aliphatic carbocycles. The van der Waals surface area contributed by atoms with Crippen LogP contribution >= 0.6 is 0 Å². The number of benzene rings is 1. The van der Waals surface area contributed by atoms with Crippen molar-refractivity contribution in [1.82, 2.24) is 10.6 Å². The van der Waals surface area contributed by atoms with Gasteiger partial charge in [0.05, 0.1) is 6.54 Å². The first-order valence-electron chi connectivity index (χ1n) is 8.51. The molecule has 1 saturated carbocycles. The largest absolute Gasteiger partial charge is 0.399 e. The smallest absolute Gasteiger partial charge is 0.239 e. The molecule has 23 heavy (non-hydrogen) atoms. The van der Waals surface area contributed by atoms with Crippen molar-refractivity contribution in [1.29, 1.82) is 0 Å². The lowest BCUT2D eigenvalue weighted by Gasteiger charge is -2.09. The van der Waals surface area contributed by atoms with Gasteiger partial charge in [0.25, 0.3) is 0 Å². The minimum Gasteiger partial charge on any atom is -0.399 e. The first kappa shape index (κ1) is 17.3. The molecule has 5 nitrogen and oxygen atoms in total. The predicted molar refractivity (Wildman–Crippen MR) is 91.8 cm³/mol. The fourth-order valence-electron chi connectivity index (χ4n) is 2.99. The maximum atomic E-state index is 11.7. The van der Waals surface area contributed by atoms with E-state index < -0.39 is 0 Å². The van der Waals surface area contributed by atoms with Gasteiger partial charge in [-0.3, -0.25) is 9.59 Å². The Morgan fingerprint density at radius 3 is 2.43 bits per heavy atom. The molecule has 1 aliphatic rings. The lowest BCUT2D eigenvalue weighted by molar-refractivity contribution is -0.126. The van der Waals surface area contributed by atoms with E-state index in [1.54, 1.807) is 0 Å². The molecule has 1 fully saturated rings. The van der Waals surface area contributed by atoms with E-state index in [2.05, 4.69) is 10.6 Å². The van der Waals surface area contributed by atoms with Crippen molar-refractivity contribution in [2.75, 3.05) is 18.8 Å². The predicted octanol–water partition coefficient (Wildman–Crippen LogP) is 2.01. The molecule has 1 aromatic carbocycles. The number of nitrogens with two attached hydrogens (primary N) is 1. The fourth-order valence-corrected chi connectivity index (χ4v) is 2.99. The van der Waals surface area contributed by atoms with Gasteiger partial charge in [-0.15, -0.1) is 0 Å². The van der Waals surface area contributed by atoms with E-state index in [4.69, 9.17) is 5.73 Å². The lowest BCUT2D eigenvalue weighted by atomic mass is 10.0. The van der Waals surface area contributed by atoms with E-state index in [0.29, 0.717) is 18.9 Å².